The molecule has 2 aromatic rings. The third kappa shape index (κ3) is 3.50. The predicted octanol–water partition coefficient (Wildman–Crippen LogP) is 2.06. The largest absolute Gasteiger partial charge is 0.326 e. The first-order valence-corrected chi connectivity index (χ1v) is 8.58. The standard InChI is InChI=1S/C13H15N3O2S2/c1-19-12-5-3-11(4-6-12)16-20(17,18)13-7-2-10(8-14)9-15-13/h2-7,9,16H,8,14H2,1H3. The molecule has 0 spiro atoms. The smallest absolute Gasteiger partial charge is 0.279 e. The Morgan fingerprint density at radius 3 is 2.40 bits per heavy atom. The summed E-state index contributed by atoms with van der Waals surface area (Å²) >= 11 is 1.59. The SMILES string of the molecule is CSc1ccc(NS(=O)(=O)c2ccc(CN)cn2)cc1. The molecule has 0 fully saturated rings. The molecule has 0 aliphatic carbocycles. The number of rotatable bonds is 5. The molecule has 1 aromatic carbocycles. The molecule has 0 amide bonds. The maximum Gasteiger partial charge on any atom is 0.279 e. The zero-order chi connectivity index (χ0) is 14.6. The van der Waals surface area contributed by atoms with Crippen LogP contribution >= 0.6 is 11.8 Å². The summed E-state index contributed by atoms with van der Waals surface area (Å²) in [6.07, 6.45) is 3.42. The van der Waals surface area contributed by atoms with Crippen molar-refractivity contribution in [1.82, 2.24) is 4.98 Å². The molecule has 20 heavy (non-hydrogen) atoms. The van der Waals surface area contributed by atoms with E-state index in [1.807, 2.05) is 18.4 Å². The molecule has 1 heterocycles. The number of nitrogens with one attached hydrogen (secondary N) is 1. The third-order valence-corrected chi connectivity index (χ3v) is 4.69. The van der Waals surface area contributed by atoms with Crippen molar-refractivity contribution in [2.45, 2.75) is 16.5 Å². The van der Waals surface area contributed by atoms with E-state index < -0.39 is 10.0 Å². The van der Waals surface area contributed by atoms with E-state index in [0.29, 0.717) is 12.2 Å². The van der Waals surface area contributed by atoms with Gasteiger partial charge in [0.05, 0.1) is 0 Å². The zero-order valence-electron chi connectivity index (χ0n) is 10.9. The van der Waals surface area contributed by atoms with E-state index in [1.165, 1.54) is 12.3 Å². The first kappa shape index (κ1) is 14.8. The van der Waals surface area contributed by atoms with Crippen LogP contribution in [0, 0.1) is 0 Å². The van der Waals surface area contributed by atoms with Gasteiger partial charge in [0.15, 0.2) is 5.03 Å². The van der Waals surface area contributed by atoms with Gasteiger partial charge in [-0.1, -0.05) is 6.07 Å². The molecule has 0 aliphatic rings. The lowest BCUT2D eigenvalue weighted by Gasteiger charge is -2.08. The summed E-state index contributed by atoms with van der Waals surface area (Å²) in [5.41, 5.74) is 6.75. The van der Waals surface area contributed by atoms with Crippen LogP contribution in [0.1, 0.15) is 5.56 Å². The minimum Gasteiger partial charge on any atom is -0.326 e. The monoisotopic (exact) mass is 309 g/mol. The van der Waals surface area contributed by atoms with Gasteiger partial charge in [-0.25, -0.2) is 4.98 Å². The normalized spacial score (nSPS) is 11.3. The first-order valence-electron chi connectivity index (χ1n) is 5.87. The summed E-state index contributed by atoms with van der Waals surface area (Å²) in [6.45, 7) is 0.330. The average Bonchev–Trinajstić information content (AvgIpc) is 2.48. The van der Waals surface area contributed by atoms with Crippen molar-refractivity contribution < 1.29 is 8.42 Å². The number of sulfonamides is 1. The molecular formula is C13H15N3O2S2. The second kappa shape index (κ2) is 6.25. The van der Waals surface area contributed by atoms with Crippen molar-refractivity contribution in [3.05, 3.63) is 48.2 Å². The van der Waals surface area contributed by atoms with E-state index in [0.717, 1.165) is 10.5 Å². The van der Waals surface area contributed by atoms with Crippen molar-refractivity contribution in [2.75, 3.05) is 11.0 Å². The number of thioether (sulfide) groups is 1. The Balaban J connectivity index is 2.20. The summed E-state index contributed by atoms with van der Waals surface area (Å²) in [7, 11) is -3.67. The van der Waals surface area contributed by atoms with E-state index in [9.17, 15) is 8.42 Å². The maximum absolute atomic E-state index is 12.1. The number of anilines is 1. The fourth-order valence-electron chi connectivity index (χ4n) is 1.56. The van der Waals surface area contributed by atoms with Crippen LogP contribution in [0.4, 0.5) is 5.69 Å². The Labute approximate surface area is 122 Å². The zero-order valence-corrected chi connectivity index (χ0v) is 12.5. The summed E-state index contributed by atoms with van der Waals surface area (Å²) in [5, 5.41) is -0.0244. The molecular weight excluding hydrogens is 294 g/mol. The summed E-state index contributed by atoms with van der Waals surface area (Å²) < 4.78 is 26.8. The second-order valence-electron chi connectivity index (χ2n) is 4.04. The van der Waals surface area contributed by atoms with Gasteiger partial charge in [0.2, 0.25) is 0 Å². The lowest BCUT2D eigenvalue weighted by molar-refractivity contribution is 0.597. The molecule has 0 radical (unpaired) electrons. The Hall–Kier alpha value is -1.57. The van der Waals surface area contributed by atoms with Crippen molar-refractivity contribution >= 4 is 27.5 Å². The number of hydrogen-bond acceptors (Lipinski definition) is 5. The molecule has 3 N–H and O–H groups in total. The summed E-state index contributed by atoms with van der Waals surface area (Å²) in [5.74, 6) is 0. The van der Waals surface area contributed by atoms with Crippen LogP contribution in [-0.4, -0.2) is 19.7 Å². The Morgan fingerprint density at radius 1 is 1.20 bits per heavy atom. The molecule has 0 atom stereocenters. The van der Waals surface area contributed by atoms with E-state index in [2.05, 4.69) is 9.71 Å². The number of hydrogen-bond donors (Lipinski definition) is 2. The van der Waals surface area contributed by atoms with Gasteiger partial charge in [-0.05, 0) is 42.2 Å². The third-order valence-electron chi connectivity index (χ3n) is 2.65. The molecule has 106 valence electrons. The molecule has 0 aliphatic heterocycles. The quantitative estimate of drug-likeness (QED) is 0.826. The van der Waals surface area contributed by atoms with Crippen LogP contribution < -0.4 is 10.5 Å². The highest BCUT2D eigenvalue weighted by Gasteiger charge is 2.15. The molecule has 0 saturated carbocycles. The molecule has 0 bridgehead atoms. The van der Waals surface area contributed by atoms with Gasteiger partial charge in [-0.3, -0.25) is 4.72 Å². The second-order valence-corrected chi connectivity index (χ2v) is 6.55. The first-order chi connectivity index (χ1) is 9.55. The molecule has 0 saturated heterocycles. The Morgan fingerprint density at radius 2 is 1.90 bits per heavy atom. The highest BCUT2D eigenvalue weighted by Crippen LogP contribution is 2.19. The van der Waals surface area contributed by atoms with Crippen molar-refractivity contribution in [3.63, 3.8) is 0 Å². The molecule has 0 unspecified atom stereocenters. The van der Waals surface area contributed by atoms with Crippen molar-refractivity contribution in [3.8, 4) is 0 Å². The van der Waals surface area contributed by atoms with Crippen LogP contribution in [0.3, 0.4) is 0 Å². The van der Waals surface area contributed by atoms with Gasteiger partial charge in [0.1, 0.15) is 0 Å². The molecule has 5 nitrogen and oxygen atoms in total. The lowest BCUT2D eigenvalue weighted by atomic mass is 10.3. The van der Waals surface area contributed by atoms with E-state index in [-0.39, 0.29) is 5.03 Å². The van der Waals surface area contributed by atoms with Gasteiger partial charge < -0.3 is 5.73 Å². The number of nitrogens with zero attached hydrogens (tertiary/aromatic N) is 1. The fraction of sp³-hybridized carbons (Fsp3) is 0.154. The van der Waals surface area contributed by atoms with Gasteiger partial charge in [-0.2, -0.15) is 8.42 Å². The van der Waals surface area contributed by atoms with Gasteiger partial charge in [-0.15, -0.1) is 11.8 Å². The van der Waals surface area contributed by atoms with Gasteiger partial charge in [0, 0.05) is 23.3 Å². The Bertz CT molecular complexity index is 668. The fourth-order valence-corrected chi connectivity index (χ4v) is 2.95. The maximum atomic E-state index is 12.1. The molecule has 1 aromatic heterocycles. The van der Waals surface area contributed by atoms with Crippen LogP contribution in [0.25, 0.3) is 0 Å². The number of aromatic nitrogens is 1. The van der Waals surface area contributed by atoms with Crippen LogP contribution in [-0.2, 0) is 16.6 Å². The Kier molecular flexibility index (Phi) is 4.64. The molecule has 2 rings (SSSR count). The topological polar surface area (TPSA) is 85.1 Å². The number of benzene rings is 1. The minimum absolute atomic E-state index is 0.0244. The molecule has 7 heteroatoms. The van der Waals surface area contributed by atoms with Crippen LogP contribution in [0.15, 0.2) is 52.5 Å². The van der Waals surface area contributed by atoms with Crippen molar-refractivity contribution in [1.29, 1.82) is 0 Å². The van der Waals surface area contributed by atoms with Crippen LogP contribution in [0.2, 0.25) is 0 Å². The summed E-state index contributed by atoms with van der Waals surface area (Å²) in [4.78, 5) is 4.98. The van der Waals surface area contributed by atoms with E-state index in [4.69, 9.17) is 5.73 Å². The lowest BCUT2D eigenvalue weighted by Crippen LogP contribution is -2.14. The highest BCUT2D eigenvalue weighted by molar-refractivity contribution is 7.98. The predicted molar refractivity (Wildman–Crippen MR) is 81.2 cm³/mol. The minimum atomic E-state index is -3.67. The van der Waals surface area contributed by atoms with E-state index in [1.54, 1.807) is 30.0 Å². The highest BCUT2D eigenvalue weighted by atomic mass is 32.2. The average molecular weight is 309 g/mol. The van der Waals surface area contributed by atoms with Gasteiger partial charge in [0.25, 0.3) is 10.0 Å². The summed E-state index contributed by atoms with van der Waals surface area (Å²) in [6, 6.07) is 10.2. The van der Waals surface area contributed by atoms with Gasteiger partial charge >= 0.3 is 0 Å². The number of nitrogens with two attached hydrogens (primary N) is 1. The number of pyridine rings is 1. The van der Waals surface area contributed by atoms with Crippen molar-refractivity contribution in [2.24, 2.45) is 5.73 Å². The van der Waals surface area contributed by atoms with Crippen LogP contribution in [0.5, 0.6) is 0 Å². The van der Waals surface area contributed by atoms with E-state index >= 15 is 0 Å².